The first kappa shape index (κ1) is 21.1. The fourth-order valence-electron chi connectivity index (χ4n) is 3.32. The molecule has 156 valence electrons. The normalized spacial score (nSPS) is 13.4. The molecule has 0 saturated heterocycles. The summed E-state index contributed by atoms with van der Waals surface area (Å²) in [6.07, 6.45) is 0.922. The van der Waals surface area contributed by atoms with Gasteiger partial charge in [-0.2, -0.15) is 0 Å². The number of allylic oxidation sites excluding steroid dienone is 1. The summed E-state index contributed by atoms with van der Waals surface area (Å²) in [5, 5.41) is 0. The van der Waals surface area contributed by atoms with Crippen LogP contribution in [-0.2, 0) is 14.3 Å². The molecule has 0 saturated carbocycles. The van der Waals surface area contributed by atoms with E-state index >= 15 is 0 Å². The van der Waals surface area contributed by atoms with Crippen molar-refractivity contribution in [1.29, 1.82) is 0 Å². The zero-order chi connectivity index (χ0) is 21.5. The number of rotatable bonds is 6. The van der Waals surface area contributed by atoms with Gasteiger partial charge in [-0.1, -0.05) is 48.5 Å². The van der Waals surface area contributed by atoms with Crippen LogP contribution in [-0.4, -0.2) is 37.3 Å². The second-order valence-electron chi connectivity index (χ2n) is 6.52. The lowest BCUT2D eigenvalue weighted by Gasteiger charge is -2.28. The number of benzene rings is 2. The van der Waals surface area contributed by atoms with Crippen LogP contribution in [0.25, 0.3) is 6.08 Å². The van der Waals surface area contributed by atoms with Crippen molar-refractivity contribution in [3.05, 3.63) is 66.2 Å². The average Bonchev–Trinajstić information content (AvgIpc) is 3.07. The molecule has 0 aromatic heterocycles. The van der Waals surface area contributed by atoms with Gasteiger partial charge in [0.15, 0.2) is 5.78 Å². The molecule has 0 unspecified atom stereocenters. The third kappa shape index (κ3) is 4.51. The van der Waals surface area contributed by atoms with Crippen molar-refractivity contribution in [3.8, 4) is 0 Å². The molecule has 7 nitrogen and oxygen atoms in total. The van der Waals surface area contributed by atoms with E-state index < -0.39 is 18.4 Å². The van der Waals surface area contributed by atoms with Gasteiger partial charge in [-0.3, -0.25) is 14.6 Å². The van der Waals surface area contributed by atoms with E-state index in [1.165, 1.54) is 15.9 Å². The molecule has 1 aliphatic rings. The molecule has 0 fully saturated rings. The highest BCUT2D eigenvalue weighted by molar-refractivity contribution is 6.06. The topological polar surface area (TPSA) is 76.2 Å². The average molecular weight is 408 g/mol. The Morgan fingerprint density at radius 3 is 1.83 bits per heavy atom. The Labute approximate surface area is 175 Å². The molecule has 0 bridgehead atoms. The number of carbonyl (C=O) groups is 3. The molecule has 0 atom stereocenters. The van der Waals surface area contributed by atoms with Gasteiger partial charge in [0.05, 0.1) is 31.0 Å². The first-order valence-electron chi connectivity index (χ1n) is 9.83. The van der Waals surface area contributed by atoms with Gasteiger partial charge in [-0.15, -0.1) is 0 Å². The molecular weight excluding hydrogens is 384 g/mol. The van der Waals surface area contributed by atoms with Crippen LogP contribution >= 0.6 is 0 Å². The van der Waals surface area contributed by atoms with Gasteiger partial charge >= 0.3 is 12.2 Å². The maximum absolute atomic E-state index is 12.7. The van der Waals surface area contributed by atoms with Crippen molar-refractivity contribution in [2.45, 2.75) is 26.4 Å². The van der Waals surface area contributed by atoms with Crippen molar-refractivity contribution in [2.75, 3.05) is 23.0 Å². The first-order chi connectivity index (χ1) is 14.6. The van der Waals surface area contributed by atoms with Crippen molar-refractivity contribution < 1.29 is 23.9 Å². The van der Waals surface area contributed by atoms with E-state index in [1.807, 2.05) is 30.3 Å². The zero-order valence-corrected chi connectivity index (χ0v) is 17.0. The molecule has 3 rings (SSSR count). The minimum atomic E-state index is -0.881. The van der Waals surface area contributed by atoms with E-state index in [1.54, 1.807) is 44.2 Å². The number of amides is 2. The summed E-state index contributed by atoms with van der Waals surface area (Å²) >= 11 is 0. The van der Waals surface area contributed by atoms with Crippen LogP contribution in [0.3, 0.4) is 0 Å². The van der Waals surface area contributed by atoms with Crippen LogP contribution in [0, 0.1) is 0 Å². The highest BCUT2D eigenvalue weighted by Gasteiger charge is 2.44. The number of ketones is 1. The van der Waals surface area contributed by atoms with Gasteiger partial charge < -0.3 is 9.47 Å². The molecule has 7 heteroatoms. The number of nitrogens with zero attached hydrogens (tertiary/aromatic N) is 2. The van der Waals surface area contributed by atoms with E-state index in [-0.39, 0.29) is 25.4 Å². The van der Waals surface area contributed by atoms with E-state index in [4.69, 9.17) is 9.47 Å². The minimum absolute atomic E-state index is 0.102. The van der Waals surface area contributed by atoms with Crippen LogP contribution in [0.15, 0.2) is 60.7 Å². The third-order valence-corrected chi connectivity index (χ3v) is 4.57. The molecular formula is C23H24N2O5. The van der Waals surface area contributed by atoms with E-state index in [0.717, 1.165) is 5.56 Å². The van der Waals surface area contributed by atoms with Gasteiger partial charge in [0.1, 0.15) is 6.17 Å². The molecule has 0 spiro atoms. The fourth-order valence-corrected chi connectivity index (χ4v) is 3.32. The minimum Gasteiger partial charge on any atom is -0.449 e. The van der Waals surface area contributed by atoms with Gasteiger partial charge in [-0.25, -0.2) is 9.59 Å². The summed E-state index contributed by atoms with van der Waals surface area (Å²) < 4.78 is 10.4. The predicted molar refractivity (Wildman–Crippen MR) is 114 cm³/mol. The monoisotopic (exact) mass is 408 g/mol. The summed E-state index contributed by atoms with van der Waals surface area (Å²) in [7, 11) is 0. The number of ether oxygens (including phenoxy) is 2. The highest BCUT2D eigenvalue weighted by Crippen LogP contribution is 2.41. The Morgan fingerprint density at radius 1 is 0.833 bits per heavy atom. The maximum atomic E-state index is 12.7. The maximum Gasteiger partial charge on any atom is 0.416 e. The number of para-hydroxylation sites is 2. The predicted octanol–water partition coefficient (Wildman–Crippen LogP) is 4.62. The molecule has 2 aromatic rings. The summed E-state index contributed by atoms with van der Waals surface area (Å²) in [5.74, 6) is -0.236. The van der Waals surface area contributed by atoms with Crippen LogP contribution in [0.4, 0.5) is 21.0 Å². The zero-order valence-electron chi connectivity index (χ0n) is 17.0. The van der Waals surface area contributed by atoms with Crippen molar-refractivity contribution in [2.24, 2.45) is 0 Å². The lowest BCUT2D eigenvalue weighted by Crippen LogP contribution is -2.50. The Morgan fingerprint density at radius 2 is 1.33 bits per heavy atom. The Hall–Kier alpha value is -3.61. The number of fused-ring (bicyclic) bond motifs is 1. The van der Waals surface area contributed by atoms with Gasteiger partial charge in [-0.05, 0) is 37.6 Å². The first-order valence-corrected chi connectivity index (χ1v) is 9.83. The number of hydrogen-bond acceptors (Lipinski definition) is 5. The Kier molecular flexibility index (Phi) is 6.85. The third-order valence-electron chi connectivity index (χ3n) is 4.57. The molecule has 0 aliphatic carbocycles. The van der Waals surface area contributed by atoms with Gasteiger partial charge in [0.25, 0.3) is 0 Å². The van der Waals surface area contributed by atoms with E-state index in [9.17, 15) is 14.4 Å². The Balaban J connectivity index is 1.92. The quantitative estimate of drug-likeness (QED) is 0.652. The smallest absolute Gasteiger partial charge is 0.416 e. The number of anilines is 2. The summed E-state index contributed by atoms with van der Waals surface area (Å²) in [6, 6.07) is 16.3. The largest absolute Gasteiger partial charge is 0.449 e. The standard InChI is InChI=1S/C23H24N2O5/c1-3-29-22(27)24-19-12-8-9-13-20(19)25(23(28)30-4-2)21(24)16-18(26)15-14-17-10-6-5-7-11-17/h5-15,21H,3-4,16H2,1-2H3/b15-14+. The van der Waals surface area contributed by atoms with E-state index in [2.05, 4.69) is 0 Å². The van der Waals surface area contributed by atoms with Crippen LogP contribution in [0.2, 0.25) is 0 Å². The van der Waals surface area contributed by atoms with E-state index in [0.29, 0.717) is 11.4 Å². The lowest BCUT2D eigenvalue weighted by molar-refractivity contribution is -0.114. The fraction of sp³-hybridized carbons (Fsp3) is 0.261. The van der Waals surface area contributed by atoms with Crippen LogP contribution in [0.5, 0.6) is 0 Å². The van der Waals surface area contributed by atoms with Crippen molar-refractivity contribution in [1.82, 2.24) is 0 Å². The molecule has 2 amide bonds. The molecule has 1 heterocycles. The summed E-state index contributed by atoms with van der Waals surface area (Å²) in [5.41, 5.74) is 1.87. The lowest BCUT2D eigenvalue weighted by atomic mass is 10.1. The number of carbonyl (C=O) groups excluding carboxylic acids is 3. The molecule has 1 aliphatic heterocycles. The highest BCUT2D eigenvalue weighted by atomic mass is 16.6. The van der Waals surface area contributed by atoms with Crippen LogP contribution < -0.4 is 9.80 Å². The molecule has 0 N–H and O–H groups in total. The van der Waals surface area contributed by atoms with Gasteiger partial charge in [0.2, 0.25) is 0 Å². The van der Waals surface area contributed by atoms with Crippen molar-refractivity contribution in [3.63, 3.8) is 0 Å². The van der Waals surface area contributed by atoms with Crippen molar-refractivity contribution >= 4 is 35.4 Å². The second kappa shape index (κ2) is 9.73. The SMILES string of the molecule is CCOC(=O)N1c2ccccc2N(C(=O)OCC)C1CC(=O)/C=C/c1ccccc1. The number of hydrogen-bond donors (Lipinski definition) is 0. The van der Waals surface area contributed by atoms with Crippen LogP contribution in [0.1, 0.15) is 25.8 Å². The molecule has 30 heavy (non-hydrogen) atoms. The summed E-state index contributed by atoms with van der Waals surface area (Å²) in [4.78, 5) is 40.8. The van der Waals surface area contributed by atoms with Gasteiger partial charge in [0, 0.05) is 0 Å². The Bertz CT molecular complexity index is 897. The molecule has 2 aromatic carbocycles. The second-order valence-corrected chi connectivity index (χ2v) is 6.52. The molecule has 0 radical (unpaired) electrons. The summed E-state index contributed by atoms with van der Waals surface area (Å²) in [6.45, 7) is 3.74.